The molecule has 0 radical (unpaired) electrons. The summed E-state index contributed by atoms with van der Waals surface area (Å²) in [5.74, 6) is -0.0267. The molecule has 6 heteroatoms. The Kier molecular flexibility index (Phi) is 6.34. The van der Waals surface area contributed by atoms with Crippen molar-refractivity contribution in [3.8, 4) is 0 Å². The molecule has 1 aromatic heterocycles. The minimum absolute atomic E-state index is 0.0267. The molecule has 2 heterocycles. The Bertz CT molecular complexity index is 710. The molecule has 3 rings (SSSR count). The average Bonchev–Trinajstić information content (AvgIpc) is 3.06. The Labute approximate surface area is 158 Å². The third-order valence-electron chi connectivity index (χ3n) is 4.47. The molecule has 1 aliphatic heterocycles. The number of aryl methyl sites for hydroxylation is 1. The van der Waals surface area contributed by atoms with Crippen LogP contribution in [0, 0.1) is 6.92 Å². The lowest BCUT2D eigenvalue weighted by Gasteiger charge is -2.36. The summed E-state index contributed by atoms with van der Waals surface area (Å²) < 4.78 is 0.650. The fourth-order valence-corrected chi connectivity index (χ4v) is 4.04. The number of carbonyl (C=O) groups is 1. The number of amides is 1. The van der Waals surface area contributed by atoms with Gasteiger partial charge in [0, 0.05) is 38.4 Å². The van der Waals surface area contributed by atoms with Gasteiger partial charge >= 0.3 is 0 Å². The van der Waals surface area contributed by atoms with Gasteiger partial charge in [0.15, 0.2) is 0 Å². The predicted octanol–water partition coefficient (Wildman–Crippen LogP) is 3.65. The van der Waals surface area contributed by atoms with Gasteiger partial charge in [-0.2, -0.15) is 0 Å². The number of piperazine rings is 1. The molecule has 0 aliphatic carbocycles. The maximum absolute atomic E-state index is 12.0. The Hall–Kier alpha value is -1.56. The van der Waals surface area contributed by atoms with E-state index in [4.69, 9.17) is 11.6 Å². The van der Waals surface area contributed by atoms with Crippen molar-refractivity contribution in [3.05, 3.63) is 51.2 Å². The molecule has 0 saturated carbocycles. The highest BCUT2D eigenvalue weighted by molar-refractivity contribution is 7.17. The molecule has 134 valence electrons. The third-order valence-corrected chi connectivity index (χ3v) is 5.70. The highest BCUT2D eigenvalue weighted by Gasteiger charge is 2.17. The van der Waals surface area contributed by atoms with E-state index in [0.29, 0.717) is 15.8 Å². The minimum atomic E-state index is -0.0267. The van der Waals surface area contributed by atoms with Crippen LogP contribution >= 0.6 is 22.9 Å². The second-order valence-electron chi connectivity index (χ2n) is 6.38. The summed E-state index contributed by atoms with van der Waals surface area (Å²) >= 11 is 7.18. The van der Waals surface area contributed by atoms with E-state index in [1.807, 2.05) is 0 Å². The molecule has 4 nitrogen and oxygen atoms in total. The van der Waals surface area contributed by atoms with E-state index in [0.717, 1.165) is 39.1 Å². The van der Waals surface area contributed by atoms with Crippen LogP contribution in [0.5, 0.6) is 0 Å². The van der Waals surface area contributed by atoms with Gasteiger partial charge in [0.2, 0.25) is 0 Å². The highest BCUT2D eigenvalue weighted by Crippen LogP contribution is 2.21. The van der Waals surface area contributed by atoms with Gasteiger partial charge in [0.25, 0.3) is 5.91 Å². The number of anilines is 1. The van der Waals surface area contributed by atoms with Gasteiger partial charge < -0.3 is 10.2 Å². The van der Waals surface area contributed by atoms with E-state index >= 15 is 0 Å². The second kappa shape index (κ2) is 8.70. The van der Waals surface area contributed by atoms with Gasteiger partial charge in [-0.25, -0.2) is 0 Å². The number of thiophene rings is 1. The summed E-state index contributed by atoms with van der Waals surface area (Å²) in [6, 6.07) is 12.2. The van der Waals surface area contributed by atoms with Gasteiger partial charge in [0.05, 0.1) is 9.21 Å². The standard InChI is InChI=1S/C19H24ClN3OS/c1-15-4-2-5-16(14-15)23-12-10-22(11-13-23)9-3-8-21-19(24)17-6-7-18(20)25-17/h2,4-7,14H,3,8-13H2,1H3,(H,21,24). The van der Waals surface area contributed by atoms with Crippen LogP contribution in [-0.4, -0.2) is 50.1 Å². The number of hydrogen-bond acceptors (Lipinski definition) is 4. The Morgan fingerprint density at radius 2 is 2.00 bits per heavy atom. The fourth-order valence-electron chi connectivity index (χ4n) is 3.08. The summed E-state index contributed by atoms with van der Waals surface area (Å²) in [4.78, 5) is 17.6. The van der Waals surface area contributed by atoms with E-state index in [1.165, 1.54) is 22.6 Å². The third kappa shape index (κ3) is 5.21. The molecule has 1 aliphatic rings. The van der Waals surface area contributed by atoms with Crippen LogP contribution in [0.1, 0.15) is 21.7 Å². The Balaban J connectivity index is 1.35. The van der Waals surface area contributed by atoms with Crippen LogP contribution in [0.2, 0.25) is 4.34 Å². The van der Waals surface area contributed by atoms with Gasteiger partial charge in [-0.05, 0) is 49.7 Å². The van der Waals surface area contributed by atoms with Crippen LogP contribution in [0.4, 0.5) is 5.69 Å². The van der Waals surface area contributed by atoms with E-state index in [-0.39, 0.29) is 5.91 Å². The number of hydrogen-bond donors (Lipinski definition) is 1. The zero-order chi connectivity index (χ0) is 17.6. The van der Waals surface area contributed by atoms with Crippen LogP contribution in [-0.2, 0) is 0 Å². The Morgan fingerprint density at radius 1 is 1.20 bits per heavy atom. The fraction of sp³-hybridized carbons (Fsp3) is 0.421. The van der Waals surface area contributed by atoms with Gasteiger partial charge in [-0.15, -0.1) is 11.3 Å². The van der Waals surface area contributed by atoms with Crippen LogP contribution in [0.25, 0.3) is 0 Å². The molecule has 1 saturated heterocycles. The van der Waals surface area contributed by atoms with Crippen LogP contribution in [0.15, 0.2) is 36.4 Å². The van der Waals surface area contributed by atoms with E-state index in [9.17, 15) is 4.79 Å². The summed E-state index contributed by atoms with van der Waals surface area (Å²) in [7, 11) is 0. The topological polar surface area (TPSA) is 35.6 Å². The van der Waals surface area contributed by atoms with Gasteiger partial charge in [0.1, 0.15) is 0 Å². The number of nitrogens with one attached hydrogen (secondary N) is 1. The minimum Gasteiger partial charge on any atom is -0.369 e. The van der Waals surface area contributed by atoms with Crippen LogP contribution < -0.4 is 10.2 Å². The van der Waals surface area contributed by atoms with Gasteiger partial charge in [-0.3, -0.25) is 9.69 Å². The summed E-state index contributed by atoms with van der Waals surface area (Å²) in [6.45, 7) is 8.12. The summed E-state index contributed by atoms with van der Waals surface area (Å²) in [5.41, 5.74) is 2.63. The monoisotopic (exact) mass is 377 g/mol. The Morgan fingerprint density at radius 3 is 2.68 bits per heavy atom. The first-order chi connectivity index (χ1) is 12.1. The molecule has 2 aromatic rings. The number of benzene rings is 1. The molecule has 1 N–H and O–H groups in total. The number of carbonyl (C=O) groups excluding carboxylic acids is 1. The first-order valence-electron chi connectivity index (χ1n) is 8.69. The zero-order valence-corrected chi connectivity index (χ0v) is 16.1. The molecule has 0 atom stereocenters. The number of nitrogens with zero attached hydrogens (tertiary/aromatic N) is 2. The second-order valence-corrected chi connectivity index (χ2v) is 8.10. The van der Waals surface area contributed by atoms with Crippen molar-refractivity contribution in [1.82, 2.24) is 10.2 Å². The molecule has 1 aromatic carbocycles. The molecular weight excluding hydrogens is 354 g/mol. The molecule has 1 amide bonds. The zero-order valence-electron chi connectivity index (χ0n) is 14.5. The van der Waals surface area contributed by atoms with Crippen molar-refractivity contribution < 1.29 is 4.79 Å². The lowest BCUT2D eigenvalue weighted by atomic mass is 10.2. The molecule has 1 fully saturated rings. The molecule has 0 bridgehead atoms. The smallest absolute Gasteiger partial charge is 0.261 e. The predicted molar refractivity (Wildman–Crippen MR) is 106 cm³/mol. The maximum Gasteiger partial charge on any atom is 0.261 e. The summed E-state index contributed by atoms with van der Waals surface area (Å²) in [6.07, 6.45) is 0.968. The van der Waals surface area contributed by atoms with E-state index in [2.05, 4.69) is 46.3 Å². The molecular formula is C19H24ClN3OS. The van der Waals surface area contributed by atoms with Gasteiger partial charge in [-0.1, -0.05) is 23.7 Å². The number of halogens is 1. The van der Waals surface area contributed by atoms with Crippen molar-refractivity contribution in [2.24, 2.45) is 0 Å². The van der Waals surface area contributed by atoms with E-state index < -0.39 is 0 Å². The van der Waals surface area contributed by atoms with Crippen molar-refractivity contribution in [3.63, 3.8) is 0 Å². The normalized spacial score (nSPS) is 15.4. The van der Waals surface area contributed by atoms with Crippen LogP contribution in [0.3, 0.4) is 0 Å². The first-order valence-corrected chi connectivity index (χ1v) is 9.89. The molecule has 0 unspecified atom stereocenters. The largest absolute Gasteiger partial charge is 0.369 e. The van der Waals surface area contributed by atoms with E-state index in [1.54, 1.807) is 12.1 Å². The quantitative estimate of drug-likeness (QED) is 0.780. The SMILES string of the molecule is Cc1cccc(N2CCN(CCCNC(=O)c3ccc(Cl)s3)CC2)c1. The average molecular weight is 378 g/mol. The molecule has 25 heavy (non-hydrogen) atoms. The maximum atomic E-state index is 12.0. The lowest BCUT2D eigenvalue weighted by molar-refractivity contribution is 0.0955. The lowest BCUT2D eigenvalue weighted by Crippen LogP contribution is -2.47. The van der Waals surface area contributed by atoms with Crippen molar-refractivity contribution in [1.29, 1.82) is 0 Å². The first kappa shape index (κ1) is 18.2. The number of rotatable bonds is 6. The van der Waals surface area contributed by atoms with Crippen molar-refractivity contribution >= 4 is 34.5 Å². The molecule has 0 spiro atoms. The van der Waals surface area contributed by atoms with Crippen molar-refractivity contribution in [2.75, 3.05) is 44.2 Å². The highest BCUT2D eigenvalue weighted by atomic mass is 35.5. The summed E-state index contributed by atoms with van der Waals surface area (Å²) in [5, 5.41) is 2.97. The van der Waals surface area contributed by atoms with Crippen molar-refractivity contribution in [2.45, 2.75) is 13.3 Å².